The molecular formula is C21H47NO4P+. The molecule has 0 bridgehead atoms. The molecule has 0 aliphatic carbocycles. The van der Waals surface area contributed by atoms with E-state index < -0.39 is 7.82 Å². The lowest BCUT2D eigenvalue weighted by Crippen LogP contribution is -2.33. The van der Waals surface area contributed by atoms with Crippen LogP contribution in [0.2, 0.25) is 0 Å². The molecule has 0 aliphatic heterocycles. The zero-order valence-electron chi connectivity index (χ0n) is 18.8. The Labute approximate surface area is 169 Å². The van der Waals surface area contributed by atoms with Crippen molar-refractivity contribution in [3.63, 3.8) is 0 Å². The predicted octanol–water partition coefficient (Wildman–Crippen LogP) is 7.27. The normalized spacial score (nSPS) is 14.4. The summed E-state index contributed by atoms with van der Waals surface area (Å²) in [7, 11) is 1.92. The van der Waals surface area contributed by atoms with Gasteiger partial charge in [-0.15, -0.1) is 0 Å². The number of hydrogen-bond donors (Lipinski definition) is 0. The molecule has 1 unspecified atom stereocenters. The van der Waals surface area contributed by atoms with Crippen molar-refractivity contribution >= 4 is 7.82 Å². The van der Waals surface area contributed by atoms with Gasteiger partial charge in [0.2, 0.25) is 0 Å². The van der Waals surface area contributed by atoms with Crippen molar-refractivity contribution in [1.82, 2.24) is 0 Å². The number of unbranched alkanes of at least 4 members (excludes halogenated alkanes) is 13. The molecule has 0 rings (SSSR count). The minimum atomic E-state index is -3.46. The van der Waals surface area contributed by atoms with Crippen molar-refractivity contribution in [3.05, 3.63) is 0 Å². The lowest BCUT2D eigenvalue weighted by atomic mass is 10.0. The summed E-state index contributed by atoms with van der Waals surface area (Å²) in [4.78, 5) is 0. The van der Waals surface area contributed by atoms with E-state index in [4.69, 9.17) is 13.7 Å². The zero-order valence-corrected chi connectivity index (χ0v) is 19.7. The molecule has 0 heterocycles. The van der Waals surface area contributed by atoms with Gasteiger partial charge in [-0.05, 0) is 13.3 Å². The average Bonchev–Trinajstić information content (AvgIpc) is 2.57. The van der Waals surface area contributed by atoms with Gasteiger partial charge in [0.1, 0.15) is 0 Å². The largest absolute Gasteiger partial charge is 0.520 e. The van der Waals surface area contributed by atoms with Crippen LogP contribution in [-0.2, 0) is 18.2 Å². The minimum absolute atomic E-state index is 0.0933. The smallest absolute Gasteiger partial charge is 0.284 e. The lowest BCUT2D eigenvalue weighted by Gasteiger charge is -2.25. The first-order valence-electron chi connectivity index (χ1n) is 11.2. The van der Waals surface area contributed by atoms with Crippen LogP contribution in [0.4, 0.5) is 0 Å². The molecular weight excluding hydrogens is 361 g/mol. The third kappa shape index (κ3) is 19.2. The first kappa shape index (κ1) is 27.1. The number of phosphoric acid groups is 1. The molecule has 1 atom stereocenters. The Balaban J connectivity index is 3.49. The summed E-state index contributed by atoms with van der Waals surface area (Å²) in [6.07, 6.45) is 18.4. The van der Waals surface area contributed by atoms with Crippen molar-refractivity contribution in [2.24, 2.45) is 0 Å². The van der Waals surface area contributed by atoms with Crippen LogP contribution in [0, 0.1) is 0 Å². The van der Waals surface area contributed by atoms with Crippen LogP contribution >= 0.6 is 7.82 Å². The van der Waals surface area contributed by atoms with Gasteiger partial charge < -0.3 is 0 Å². The summed E-state index contributed by atoms with van der Waals surface area (Å²) in [5.74, 6) is 0. The monoisotopic (exact) mass is 408 g/mol. The van der Waals surface area contributed by atoms with Gasteiger partial charge >= 0.3 is 7.82 Å². The topological polar surface area (TPSA) is 44.8 Å². The number of rotatable bonds is 20. The van der Waals surface area contributed by atoms with Gasteiger partial charge in [0.15, 0.2) is 0 Å². The molecule has 5 nitrogen and oxygen atoms in total. The molecule has 164 valence electrons. The fourth-order valence-electron chi connectivity index (χ4n) is 3.02. The van der Waals surface area contributed by atoms with E-state index in [9.17, 15) is 4.57 Å². The van der Waals surface area contributed by atoms with Crippen molar-refractivity contribution in [2.75, 3.05) is 34.4 Å². The second kappa shape index (κ2) is 17.0. The highest BCUT2D eigenvalue weighted by atomic mass is 31.2. The molecule has 0 fully saturated rings. The predicted molar refractivity (Wildman–Crippen MR) is 115 cm³/mol. The molecule has 0 aromatic heterocycles. The number of nitrogens with zero attached hydrogens (tertiary/aromatic N) is 1. The third-order valence-corrected chi connectivity index (χ3v) is 6.14. The van der Waals surface area contributed by atoms with Crippen LogP contribution in [0.3, 0.4) is 0 Å². The first-order chi connectivity index (χ1) is 12.8. The van der Waals surface area contributed by atoms with Crippen molar-refractivity contribution in [3.8, 4) is 0 Å². The van der Waals surface area contributed by atoms with E-state index >= 15 is 0 Å². The second-order valence-electron chi connectivity index (χ2n) is 8.27. The molecule has 0 aromatic rings. The highest BCUT2D eigenvalue weighted by molar-refractivity contribution is 7.48. The molecule has 0 spiro atoms. The second-order valence-corrected chi connectivity index (χ2v) is 9.84. The van der Waals surface area contributed by atoms with E-state index in [-0.39, 0.29) is 4.65 Å². The van der Waals surface area contributed by atoms with Crippen LogP contribution in [0.25, 0.3) is 0 Å². The molecule has 0 saturated carbocycles. The molecule has 0 amide bonds. The molecule has 27 heavy (non-hydrogen) atoms. The quantitative estimate of drug-likeness (QED) is 0.0919. The Morgan fingerprint density at radius 2 is 1.04 bits per heavy atom. The first-order valence-corrected chi connectivity index (χ1v) is 12.7. The number of quaternary nitrogens is 1. The Morgan fingerprint density at radius 1 is 0.630 bits per heavy atom. The van der Waals surface area contributed by atoms with Gasteiger partial charge in [0.05, 0.1) is 34.4 Å². The summed E-state index contributed by atoms with van der Waals surface area (Å²) < 4.78 is 28.7. The van der Waals surface area contributed by atoms with Crippen LogP contribution in [0.15, 0.2) is 0 Å². The fraction of sp³-hybridized carbons (Fsp3) is 1.00. The molecule has 0 aromatic carbocycles. The van der Waals surface area contributed by atoms with Gasteiger partial charge in [0.25, 0.3) is 0 Å². The van der Waals surface area contributed by atoms with Gasteiger partial charge in [-0.3, -0.25) is 9.05 Å². The Morgan fingerprint density at radius 3 is 1.41 bits per heavy atom. The highest BCUT2D eigenvalue weighted by Crippen LogP contribution is 2.51. The van der Waals surface area contributed by atoms with Gasteiger partial charge in [0, 0.05) is 0 Å². The van der Waals surface area contributed by atoms with Crippen LogP contribution in [0.5, 0.6) is 0 Å². The average molecular weight is 409 g/mol. The number of hydroxylamine groups is 3. The molecule has 6 heteroatoms. The lowest BCUT2D eigenvalue weighted by molar-refractivity contribution is -1.04. The summed E-state index contributed by atoms with van der Waals surface area (Å²) >= 11 is 0. The molecule has 0 saturated heterocycles. The van der Waals surface area contributed by atoms with E-state index in [0.717, 1.165) is 12.8 Å². The standard InChI is InChI=1S/C21H47NO4P/c1-6-8-9-10-11-12-13-14-15-16-17-18-19-20-21-25-27(23,24-7-2)26-22(3,4)5/h6-21H2,1-5H3/q+1. The van der Waals surface area contributed by atoms with Crippen molar-refractivity contribution in [1.29, 1.82) is 0 Å². The summed E-state index contributed by atoms with van der Waals surface area (Å²) in [6, 6.07) is 0. The summed E-state index contributed by atoms with van der Waals surface area (Å²) in [6.45, 7) is 4.81. The Kier molecular flexibility index (Phi) is 17.0. The van der Waals surface area contributed by atoms with E-state index in [0.29, 0.717) is 13.2 Å². The van der Waals surface area contributed by atoms with E-state index in [1.807, 2.05) is 0 Å². The SMILES string of the molecule is CCCCCCCCCCCCCCCCOP(=O)(OCC)O[N+](C)(C)C. The maximum atomic E-state index is 12.5. The maximum absolute atomic E-state index is 12.5. The van der Waals surface area contributed by atoms with Crippen LogP contribution in [-0.4, -0.2) is 39.0 Å². The summed E-state index contributed by atoms with van der Waals surface area (Å²) in [5.41, 5.74) is 0. The maximum Gasteiger partial charge on any atom is 0.520 e. The minimum Gasteiger partial charge on any atom is -0.284 e. The van der Waals surface area contributed by atoms with Gasteiger partial charge in [-0.2, -0.15) is 4.65 Å². The Hall–Kier alpha value is 0.0700. The fourth-order valence-corrected chi connectivity index (χ4v) is 4.45. The zero-order chi connectivity index (χ0) is 20.4. The molecule has 0 N–H and O–H groups in total. The highest BCUT2D eigenvalue weighted by Gasteiger charge is 2.34. The van der Waals surface area contributed by atoms with Crippen molar-refractivity contribution < 1.29 is 22.9 Å². The van der Waals surface area contributed by atoms with Gasteiger partial charge in [-0.1, -0.05) is 95.0 Å². The van der Waals surface area contributed by atoms with E-state index in [1.165, 1.54) is 77.0 Å². The van der Waals surface area contributed by atoms with Gasteiger partial charge in [-0.25, -0.2) is 4.57 Å². The summed E-state index contributed by atoms with van der Waals surface area (Å²) in [5, 5.41) is 0. The van der Waals surface area contributed by atoms with E-state index in [1.54, 1.807) is 28.1 Å². The van der Waals surface area contributed by atoms with Crippen molar-refractivity contribution in [2.45, 2.75) is 104 Å². The van der Waals surface area contributed by atoms with E-state index in [2.05, 4.69) is 6.92 Å². The molecule has 0 aliphatic rings. The number of hydrogen-bond acceptors (Lipinski definition) is 4. The number of phosphoric ester groups is 1. The Bertz CT molecular complexity index is 372. The van der Waals surface area contributed by atoms with Crippen LogP contribution in [0.1, 0.15) is 104 Å². The third-order valence-electron chi connectivity index (χ3n) is 4.38. The molecule has 0 radical (unpaired) electrons. The van der Waals surface area contributed by atoms with Crippen LogP contribution < -0.4 is 0 Å².